The first-order chi connectivity index (χ1) is 10.3. The van der Waals surface area contributed by atoms with E-state index in [1.165, 1.54) is 5.56 Å². The van der Waals surface area contributed by atoms with E-state index in [-0.39, 0.29) is 6.04 Å². The van der Waals surface area contributed by atoms with Crippen LogP contribution in [0.3, 0.4) is 0 Å². The molecule has 2 atom stereocenters. The first-order valence-electron chi connectivity index (χ1n) is 7.75. The number of ether oxygens (including phenoxy) is 1. The van der Waals surface area contributed by atoms with Crippen LogP contribution in [0.2, 0.25) is 0 Å². The minimum atomic E-state index is 0.188. The normalized spacial score (nSPS) is 18.9. The number of benzene rings is 1. The third-order valence-electron chi connectivity index (χ3n) is 4.27. The Bertz CT molecular complexity index is 593. The zero-order valence-corrected chi connectivity index (χ0v) is 12.5. The van der Waals surface area contributed by atoms with E-state index in [1.54, 1.807) is 0 Å². The molecule has 0 saturated heterocycles. The molecule has 1 aliphatic rings. The lowest BCUT2D eigenvalue weighted by atomic mass is 9.93. The van der Waals surface area contributed by atoms with Crippen LogP contribution in [0, 0.1) is 0 Å². The summed E-state index contributed by atoms with van der Waals surface area (Å²) < 4.78 is 7.99. The van der Waals surface area contributed by atoms with Crippen LogP contribution in [0.1, 0.15) is 37.1 Å². The summed E-state index contributed by atoms with van der Waals surface area (Å²) in [5.74, 6) is 2.61. The molecule has 2 N–H and O–H groups in total. The molecule has 21 heavy (non-hydrogen) atoms. The maximum Gasteiger partial charge on any atom is 0.122 e. The van der Waals surface area contributed by atoms with Crippen molar-refractivity contribution < 1.29 is 4.74 Å². The molecular formula is C17H23N3O. The molecule has 0 fully saturated rings. The summed E-state index contributed by atoms with van der Waals surface area (Å²) in [4.78, 5) is 4.48. The minimum absolute atomic E-state index is 0.188. The van der Waals surface area contributed by atoms with Crippen LogP contribution in [0.4, 0.5) is 0 Å². The predicted molar refractivity (Wildman–Crippen MR) is 83.5 cm³/mol. The van der Waals surface area contributed by atoms with Crippen LogP contribution in [0.15, 0.2) is 36.7 Å². The van der Waals surface area contributed by atoms with Gasteiger partial charge in [0.2, 0.25) is 0 Å². The number of nitrogens with zero attached hydrogens (tertiary/aromatic N) is 2. The van der Waals surface area contributed by atoms with Crippen molar-refractivity contribution in [2.24, 2.45) is 5.73 Å². The number of hydrogen-bond donors (Lipinski definition) is 1. The fourth-order valence-electron chi connectivity index (χ4n) is 2.92. The quantitative estimate of drug-likeness (QED) is 0.919. The highest BCUT2D eigenvalue weighted by Crippen LogP contribution is 2.34. The summed E-state index contributed by atoms with van der Waals surface area (Å²) in [5, 5.41) is 0. The van der Waals surface area contributed by atoms with Gasteiger partial charge in [-0.2, -0.15) is 0 Å². The number of para-hydroxylation sites is 1. The van der Waals surface area contributed by atoms with Crippen molar-refractivity contribution in [2.45, 2.75) is 44.7 Å². The van der Waals surface area contributed by atoms with Crippen molar-refractivity contribution in [2.75, 3.05) is 6.61 Å². The Morgan fingerprint density at radius 2 is 2.29 bits per heavy atom. The molecular weight excluding hydrogens is 262 g/mol. The number of nitrogens with two attached hydrogens (primary N) is 1. The van der Waals surface area contributed by atoms with Crippen LogP contribution >= 0.6 is 0 Å². The Labute approximate surface area is 125 Å². The van der Waals surface area contributed by atoms with Crippen LogP contribution in [-0.4, -0.2) is 22.2 Å². The topological polar surface area (TPSA) is 53.1 Å². The van der Waals surface area contributed by atoms with Gasteiger partial charge in [-0.15, -0.1) is 0 Å². The number of aromatic nitrogens is 2. The largest absolute Gasteiger partial charge is 0.493 e. The van der Waals surface area contributed by atoms with Crippen molar-refractivity contribution in [3.63, 3.8) is 0 Å². The predicted octanol–water partition coefficient (Wildman–Crippen LogP) is 2.73. The molecule has 0 saturated carbocycles. The second-order valence-electron chi connectivity index (χ2n) is 5.74. The van der Waals surface area contributed by atoms with Gasteiger partial charge in [-0.3, -0.25) is 0 Å². The van der Waals surface area contributed by atoms with Crippen LogP contribution in [0.25, 0.3) is 0 Å². The van der Waals surface area contributed by atoms with E-state index in [1.807, 2.05) is 12.3 Å². The van der Waals surface area contributed by atoms with Gasteiger partial charge in [-0.1, -0.05) is 25.1 Å². The first kappa shape index (κ1) is 14.1. The van der Waals surface area contributed by atoms with E-state index >= 15 is 0 Å². The van der Waals surface area contributed by atoms with Crippen molar-refractivity contribution in [1.82, 2.24) is 9.55 Å². The fourth-order valence-corrected chi connectivity index (χ4v) is 2.92. The molecule has 0 aliphatic carbocycles. The Balaban J connectivity index is 1.78. The summed E-state index contributed by atoms with van der Waals surface area (Å²) in [7, 11) is 0. The summed E-state index contributed by atoms with van der Waals surface area (Å²) in [6, 6.07) is 8.54. The van der Waals surface area contributed by atoms with Crippen molar-refractivity contribution in [3.05, 3.63) is 48.0 Å². The monoisotopic (exact) mass is 285 g/mol. The molecule has 2 aromatic rings. The second-order valence-corrected chi connectivity index (χ2v) is 5.74. The maximum atomic E-state index is 6.07. The average Bonchev–Trinajstić information content (AvgIpc) is 2.94. The van der Waals surface area contributed by atoms with Crippen molar-refractivity contribution in [3.8, 4) is 5.75 Å². The van der Waals surface area contributed by atoms with Gasteiger partial charge in [-0.25, -0.2) is 4.98 Å². The second kappa shape index (κ2) is 6.31. The standard InChI is InChI=1S/C17H23N3O/c1-2-14(18)11-17-19-8-9-20(17)12-13-7-10-21-16-6-4-3-5-15(13)16/h3-6,8-9,13-14H,2,7,10-12,18H2,1H3. The Morgan fingerprint density at radius 3 is 3.14 bits per heavy atom. The SMILES string of the molecule is CCC(N)Cc1nccn1CC1CCOc2ccccc21. The van der Waals surface area contributed by atoms with E-state index < -0.39 is 0 Å². The lowest BCUT2D eigenvalue weighted by Gasteiger charge is -2.26. The third kappa shape index (κ3) is 3.10. The summed E-state index contributed by atoms with van der Waals surface area (Å²) in [6.45, 7) is 3.86. The molecule has 0 bridgehead atoms. The van der Waals surface area contributed by atoms with Crippen molar-refractivity contribution >= 4 is 0 Å². The summed E-state index contributed by atoms with van der Waals surface area (Å²) >= 11 is 0. The maximum absolute atomic E-state index is 6.07. The molecule has 0 radical (unpaired) electrons. The van der Waals surface area contributed by atoms with Crippen LogP contribution in [-0.2, 0) is 13.0 Å². The van der Waals surface area contributed by atoms with Gasteiger partial charge in [0, 0.05) is 37.3 Å². The van der Waals surface area contributed by atoms with E-state index in [2.05, 4.69) is 40.9 Å². The highest BCUT2D eigenvalue weighted by atomic mass is 16.5. The van der Waals surface area contributed by atoms with Gasteiger partial charge in [0.05, 0.1) is 6.61 Å². The zero-order valence-electron chi connectivity index (χ0n) is 12.5. The highest BCUT2D eigenvalue weighted by molar-refractivity contribution is 5.37. The molecule has 3 rings (SSSR count). The molecule has 4 nitrogen and oxygen atoms in total. The van der Waals surface area contributed by atoms with E-state index in [9.17, 15) is 0 Å². The van der Waals surface area contributed by atoms with Gasteiger partial charge in [0.15, 0.2) is 0 Å². The highest BCUT2D eigenvalue weighted by Gasteiger charge is 2.22. The van der Waals surface area contributed by atoms with E-state index in [4.69, 9.17) is 10.5 Å². The molecule has 1 aromatic carbocycles. The minimum Gasteiger partial charge on any atom is -0.493 e. The first-order valence-corrected chi connectivity index (χ1v) is 7.75. The van der Waals surface area contributed by atoms with Gasteiger partial charge in [0.25, 0.3) is 0 Å². The number of rotatable bonds is 5. The zero-order chi connectivity index (χ0) is 14.7. The molecule has 2 unspecified atom stereocenters. The Kier molecular flexibility index (Phi) is 4.25. The van der Waals surface area contributed by atoms with Crippen molar-refractivity contribution in [1.29, 1.82) is 0 Å². The van der Waals surface area contributed by atoms with Gasteiger partial charge in [-0.05, 0) is 24.5 Å². The molecule has 112 valence electrons. The number of hydrogen-bond acceptors (Lipinski definition) is 3. The third-order valence-corrected chi connectivity index (χ3v) is 4.27. The number of fused-ring (bicyclic) bond motifs is 1. The molecule has 0 spiro atoms. The molecule has 4 heteroatoms. The van der Waals surface area contributed by atoms with Crippen LogP contribution < -0.4 is 10.5 Å². The Hall–Kier alpha value is -1.81. The number of imidazole rings is 1. The molecule has 1 aromatic heterocycles. The molecule has 2 heterocycles. The van der Waals surface area contributed by atoms with Gasteiger partial charge in [0.1, 0.15) is 11.6 Å². The lowest BCUT2D eigenvalue weighted by molar-refractivity contribution is 0.258. The molecule has 0 amide bonds. The molecule has 1 aliphatic heterocycles. The summed E-state index contributed by atoms with van der Waals surface area (Å²) in [6.07, 6.45) is 6.81. The van der Waals surface area contributed by atoms with Crippen LogP contribution in [0.5, 0.6) is 5.75 Å². The fraction of sp³-hybridized carbons (Fsp3) is 0.471. The summed E-state index contributed by atoms with van der Waals surface area (Å²) in [5.41, 5.74) is 7.38. The average molecular weight is 285 g/mol. The Morgan fingerprint density at radius 1 is 1.43 bits per heavy atom. The van der Waals surface area contributed by atoms with Gasteiger partial charge < -0.3 is 15.0 Å². The van der Waals surface area contributed by atoms with Gasteiger partial charge >= 0.3 is 0 Å². The van der Waals surface area contributed by atoms with E-state index in [0.717, 1.165) is 44.0 Å². The van der Waals surface area contributed by atoms with E-state index in [0.29, 0.717) is 5.92 Å². The lowest BCUT2D eigenvalue weighted by Crippen LogP contribution is -2.25. The smallest absolute Gasteiger partial charge is 0.122 e.